The van der Waals surface area contributed by atoms with Gasteiger partial charge in [0.05, 0.1) is 0 Å². The number of aromatic nitrogens is 1. The Balaban J connectivity index is 1.25. The van der Waals surface area contributed by atoms with E-state index in [9.17, 15) is 4.79 Å². The minimum Gasteiger partial charge on any atom is -0.354 e. The zero-order valence-electron chi connectivity index (χ0n) is 18.3. The van der Waals surface area contributed by atoms with Gasteiger partial charge < -0.3 is 9.88 Å². The fourth-order valence-corrected chi connectivity index (χ4v) is 4.70. The number of para-hydroxylation sites is 1. The molecule has 0 saturated carbocycles. The number of benzene rings is 3. The lowest BCUT2D eigenvalue weighted by Gasteiger charge is -2.27. The van der Waals surface area contributed by atoms with Gasteiger partial charge in [-0.1, -0.05) is 84.9 Å². The average Bonchev–Trinajstić information content (AvgIpc) is 3.24. The summed E-state index contributed by atoms with van der Waals surface area (Å²) >= 11 is 0. The molecule has 1 amide bonds. The molecule has 1 aliphatic heterocycles. The van der Waals surface area contributed by atoms with Gasteiger partial charge in [-0.25, -0.2) is 0 Å². The first-order valence-corrected chi connectivity index (χ1v) is 11.5. The molecule has 1 aromatic heterocycles. The molecule has 0 radical (unpaired) electrons. The van der Waals surface area contributed by atoms with Crippen molar-refractivity contribution in [3.8, 4) is 11.3 Å². The molecular formula is C29H28N2O. The summed E-state index contributed by atoms with van der Waals surface area (Å²) in [4.78, 5) is 18.5. The van der Waals surface area contributed by atoms with Gasteiger partial charge >= 0.3 is 0 Å². The van der Waals surface area contributed by atoms with Gasteiger partial charge in [-0.05, 0) is 47.6 Å². The molecule has 3 nitrogen and oxygen atoms in total. The minimum absolute atomic E-state index is 0.259. The quantitative estimate of drug-likeness (QED) is 0.381. The number of carbonyl (C=O) groups is 1. The first-order valence-electron chi connectivity index (χ1n) is 11.5. The molecule has 0 aliphatic carbocycles. The van der Waals surface area contributed by atoms with E-state index in [-0.39, 0.29) is 5.91 Å². The molecule has 3 aromatic carbocycles. The van der Waals surface area contributed by atoms with Crippen molar-refractivity contribution in [2.45, 2.75) is 25.7 Å². The van der Waals surface area contributed by atoms with Crippen LogP contribution in [-0.4, -0.2) is 28.9 Å². The molecule has 0 spiro atoms. The predicted octanol–water partition coefficient (Wildman–Crippen LogP) is 6.47. The Hall–Kier alpha value is -3.59. The van der Waals surface area contributed by atoms with Crippen LogP contribution in [0.2, 0.25) is 0 Å². The van der Waals surface area contributed by atoms with E-state index in [1.807, 2.05) is 17.0 Å². The van der Waals surface area contributed by atoms with Crippen molar-refractivity contribution in [2.75, 3.05) is 13.1 Å². The highest BCUT2D eigenvalue weighted by atomic mass is 16.2. The smallest absolute Gasteiger partial charge is 0.222 e. The second-order valence-corrected chi connectivity index (χ2v) is 8.43. The Labute approximate surface area is 189 Å². The van der Waals surface area contributed by atoms with E-state index in [1.165, 1.54) is 33.3 Å². The molecule has 0 fully saturated rings. The number of aryl methyl sites for hydroxylation is 1. The molecule has 32 heavy (non-hydrogen) atoms. The predicted molar refractivity (Wildman–Crippen MR) is 132 cm³/mol. The second kappa shape index (κ2) is 9.27. The third-order valence-electron chi connectivity index (χ3n) is 6.40. The Morgan fingerprint density at radius 3 is 2.25 bits per heavy atom. The number of hydrogen-bond acceptors (Lipinski definition) is 1. The Morgan fingerprint density at radius 1 is 0.844 bits per heavy atom. The lowest BCUT2D eigenvalue weighted by molar-refractivity contribution is -0.130. The van der Waals surface area contributed by atoms with E-state index in [0.717, 1.165) is 31.3 Å². The maximum absolute atomic E-state index is 12.9. The monoisotopic (exact) mass is 420 g/mol. The maximum Gasteiger partial charge on any atom is 0.222 e. The van der Waals surface area contributed by atoms with Crippen molar-refractivity contribution >= 4 is 22.4 Å². The van der Waals surface area contributed by atoms with Crippen LogP contribution in [0.15, 0.2) is 91.0 Å². The van der Waals surface area contributed by atoms with Crippen molar-refractivity contribution in [2.24, 2.45) is 0 Å². The van der Waals surface area contributed by atoms with Gasteiger partial charge in [0, 0.05) is 36.1 Å². The van der Waals surface area contributed by atoms with Crippen LogP contribution < -0.4 is 0 Å². The summed E-state index contributed by atoms with van der Waals surface area (Å²) in [6, 6.07) is 29.4. The molecule has 1 aliphatic rings. The summed E-state index contributed by atoms with van der Waals surface area (Å²) in [5, 5.41) is 1.26. The summed E-state index contributed by atoms with van der Waals surface area (Å²) in [5.41, 5.74) is 7.45. The molecule has 3 heteroatoms. The molecule has 0 bridgehead atoms. The van der Waals surface area contributed by atoms with Crippen molar-refractivity contribution in [3.63, 3.8) is 0 Å². The number of rotatable bonds is 6. The van der Waals surface area contributed by atoms with Gasteiger partial charge in [0.15, 0.2) is 0 Å². The standard InChI is InChI=1S/C29H28N2O/c32-28(31-20-18-23(19-21-31)22-10-3-1-4-11-22)17-9-15-26-25-14-7-8-16-27(25)30-29(26)24-12-5-2-6-13-24/h1-8,10-14,16,18,30H,9,15,17,19-21H2. The number of nitrogens with one attached hydrogen (secondary N) is 1. The number of amides is 1. The largest absolute Gasteiger partial charge is 0.354 e. The number of carbonyl (C=O) groups excluding carboxylic acids is 1. The summed E-state index contributed by atoms with van der Waals surface area (Å²) in [7, 11) is 0. The summed E-state index contributed by atoms with van der Waals surface area (Å²) in [6.07, 6.45) is 5.47. The van der Waals surface area contributed by atoms with Crippen LogP contribution in [0.1, 0.15) is 30.4 Å². The van der Waals surface area contributed by atoms with Crippen LogP contribution in [-0.2, 0) is 11.2 Å². The van der Waals surface area contributed by atoms with Gasteiger partial charge in [-0.15, -0.1) is 0 Å². The van der Waals surface area contributed by atoms with Crippen LogP contribution >= 0.6 is 0 Å². The normalized spacial score (nSPS) is 13.9. The van der Waals surface area contributed by atoms with Gasteiger partial charge in [0.25, 0.3) is 0 Å². The summed E-state index contributed by atoms with van der Waals surface area (Å²) in [6.45, 7) is 1.52. The van der Waals surface area contributed by atoms with Crippen molar-refractivity contribution in [1.82, 2.24) is 9.88 Å². The first kappa shape index (κ1) is 20.3. The van der Waals surface area contributed by atoms with Crippen LogP contribution in [0.5, 0.6) is 0 Å². The highest BCUT2D eigenvalue weighted by molar-refractivity contribution is 5.90. The van der Waals surface area contributed by atoms with Gasteiger partial charge in [-0.3, -0.25) is 4.79 Å². The van der Waals surface area contributed by atoms with E-state index in [0.29, 0.717) is 13.0 Å². The topological polar surface area (TPSA) is 36.1 Å². The fraction of sp³-hybridized carbons (Fsp3) is 0.207. The molecule has 0 saturated heterocycles. The highest BCUT2D eigenvalue weighted by Crippen LogP contribution is 2.31. The number of aromatic amines is 1. The summed E-state index contributed by atoms with van der Waals surface area (Å²) < 4.78 is 0. The second-order valence-electron chi connectivity index (χ2n) is 8.43. The molecular weight excluding hydrogens is 392 g/mol. The Kier molecular flexibility index (Phi) is 5.89. The van der Waals surface area contributed by atoms with Crippen LogP contribution in [0, 0.1) is 0 Å². The third kappa shape index (κ3) is 4.24. The average molecular weight is 421 g/mol. The minimum atomic E-state index is 0.259. The third-order valence-corrected chi connectivity index (χ3v) is 6.40. The summed E-state index contributed by atoms with van der Waals surface area (Å²) in [5.74, 6) is 0.259. The molecule has 0 unspecified atom stereocenters. The molecule has 1 N–H and O–H groups in total. The lowest BCUT2D eigenvalue weighted by atomic mass is 9.98. The maximum atomic E-state index is 12.9. The van der Waals surface area contributed by atoms with Crippen LogP contribution in [0.25, 0.3) is 27.7 Å². The van der Waals surface area contributed by atoms with Gasteiger partial charge in [0.1, 0.15) is 0 Å². The molecule has 160 valence electrons. The highest BCUT2D eigenvalue weighted by Gasteiger charge is 2.18. The fourth-order valence-electron chi connectivity index (χ4n) is 4.70. The Bertz CT molecular complexity index is 1240. The van der Waals surface area contributed by atoms with E-state index in [2.05, 4.69) is 83.9 Å². The lowest BCUT2D eigenvalue weighted by Crippen LogP contribution is -2.34. The first-order chi connectivity index (χ1) is 15.8. The molecule has 5 rings (SSSR count). The number of fused-ring (bicyclic) bond motifs is 1. The van der Waals surface area contributed by atoms with Crippen LogP contribution in [0.3, 0.4) is 0 Å². The van der Waals surface area contributed by atoms with E-state index < -0.39 is 0 Å². The van der Waals surface area contributed by atoms with E-state index in [1.54, 1.807) is 0 Å². The van der Waals surface area contributed by atoms with Crippen molar-refractivity contribution in [3.05, 3.63) is 102 Å². The molecule has 4 aromatic rings. The zero-order chi connectivity index (χ0) is 21.8. The zero-order valence-corrected chi connectivity index (χ0v) is 18.3. The van der Waals surface area contributed by atoms with E-state index in [4.69, 9.17) is 0 Å². The van der Waals surface area contributed by atoms with Crippen molar-refractivity contribution in [1.29, 1.82) is 0 Å². The number of H-pyrrole nitrogens is 1. The molecule has 0 atom stereocenters. The molecule has 2 heterocycles. The number of nitrogens with zero attached hydrogens (tertiary/aromatic N) is 1. The number of hydrogen-bond donors (Lipinski definition) is 1. The SMILES string of the molecule is O=C(CCCc1c(-c2ccccc2)[nH]c2ccccc12)N1CC=C(c2ccccc2)CC1. The van der Waals surface area contributed by atoms with Gasteiger partial charge in [0.2, 0.25) is 5.91 Å². The van der Waals surface area contributed by atoms with Gasteiger partial charge in [-0.2, -0.15) is 0 Å². The van der Waals surface area contributed by atoms with E-state index >= 15 is 0 Å². The Morgan fingerprint density at radius 2 is 1.53 bits per heavy atom. The van der Waals surface area contributed by atoms with Crippen molar-refractivity contribution < 1.29 is 4.79 Å². The van der Waals surface area contributed by atoms with Crippen LogP contribution in [0.4, 0.5) is 0 Å².